The number of hydrogen-bond donors (Lipinski definition) is 2. The largest absolute Gasteiger partial charge is 0.383 e. The molecule has 0 aromatic heterocycles. The van der Waals surface area contributed by atoms with Gasteiger partial charge in [-0.3, -0.25) is 0 Å². The summed E-state index contributed by atoms with van der Waals surface area (Å²) < 4.78 is 4.88. The molecule has 4 heteroatoms. The Labute approximate surface area is 98.1 Å². The maximum Gasteiger partial charge on any atom is 0.315 e. The first-order valence-electron chi connectivity index (χ1n) is 6.18. The van der Waals surface area contributed by atoms with E-state index in [1.165, 1.54) is 19.3 Å². The van der Waals surface area contributed by atoms with Crippen molar-refractivity contribution in [2.45, 2.75) is 39.2 Å². The van der Waals surface area contributed by atoms with Crippen LogP contribution < -0.4 is 10.6 Å². The molecule has 0 aromatic carbocycles. The van der Waals surface area contributed by atoms with Crippen LogP contribution in [-0.4, -0.2) is 32.3 Å². The summed E-state index contributed by atoms with van der Waals surface area (Å²) >= 11 is 0. The number of nitrogens with one attached hydrogen (secondary N) is 2. The summed E-state index contributed by atoms with van der Waals surface area (Å²) in [6, 6.07) is 0.249. The predicted octanol–water partition coefficient (Wildman–Crippen LogP) is 1.76. The van der Waals surface area contributed by atoms with Crippen molar-refractivity contribution in [3.8, 4) is 0 Å². The van der Waals surface area contributed by atoms with Gasteiger partial charge in [-0.2, -0.15) is 0 Å². The molecule has 1 aliphatic rings. The van der Waals surface area contributed by atoms with Crippen molar-refractivity contribution < 1.29 is 9.53 Å². The molecule has 0 spiro atoms. The normalized spacial score (nSPS) is 26.4. The lowest BCUT2D eigenvalue weighted by molar-refractivity contribution is 0.182. The van der Waals surface area contributed by atoms with Crippen LogP contribution in [0.5, 0.6) is 0 Å². The first-order valence-corrected chi connectivity index (χ1v) is 6.18. The molecule has 0 saturated heterocycles. The molecule has 0 heterocycles. The molecule has 0 unspecified atom stereocenters. The lowest BCUT2D eigenvalue weighted by Gasteiger charge is -2.35. The maximum atomic E-state index is 11.6. The fourth-order valence-corrected chi connectivity index (χ4v) is 2.44. The van der Waals surface area contributed by atoms with Crippen molar-refractivity contribution in [1.29, 1.82) is 0 Å². The monoisotopic (exact) mass is 228 g/mol. The van der Waals surface area contributed by atoms with Crippen LogP contribution in [0.25, 0.3) is 0 Å². The number of carbonyl (C=O) groups excluding carboxylic acids is 1. The molecular weight excluding hydrogens is 204 g/mol. The van der Waals surface area contributed by atoms with E-state index in [1.807, 2.05) is 0 Å². The van der Waals surface area contributed by atoms with Crippen LogP contribution >= 0.6 is 0 Å². The minimum atomic E-state index is -0.0670. The summed E-state index contributed by atoms with van der Waals surface area (Å²) in [6.07, 6.45) is 3.71. The summed E-state index contributed by atoms with van der Waals surface area (Å²) in [5.41, 5.74) is 0. The third kappa shape index (κ3) is 4.00. The number of amides is 2. The lowest BCUT2D eigenvalue weighted by atomic mass is 9.79. The van der Waals surface area contributed by atoms with Crippen LogP contribution in [0.1, 0.15) is 33.1 Å². The molecule has 16 heavy (non-hydrogen) atoms. The van der Waals surface area contributed by atoms with Gasteiger partial charge in [0.05, 0.1) is 6.61 Å². The standard InChI is InChI=1S/C12H24N2O2/c1-9-5-4-6-10(2)11(9)14-12(15)13-7-8-16-3/h9-11H,4-8H2,1-3H3,(H2,13,14,15)/t9-,10-/m1/s1. The van der Waals surface area contributed by atoms with Crippen molar-refractivity contribution in [2.24, 2.45) is 11.8 Å². The second-order valence-corrected chi connectivity index (χ2v) is 4.80. The summed E-state index contributed by atoms with van der Waals surface area (Å²) in [6.45, 7) is 5.56. The molecule has 0 radical (unpaired) electrons. The Morgan fingerprint density at radius 1 is 1.31 bits per heavy atom. The first-order chi connectivity index (χ1) is 7.65. The molecule has 1 fully saturated rings. The molecule has 4 nitrogen and oxygen atoms in total. The maximum absolute atomic E-state index is 11.6. The van der Waals surface area contributed by atoms with E-state index >= 15 is 0 Å². The SMILES string of the molecule is COCCNC(=O)NC1[C@H](C)CCC[C@H]1C. The molecule has 2 N–H and O–H groups in total. The third-order valence-corrected chi connectivity index (χ3v) is 3.43. The Hall–Kier alpha value is -0.770. The second-order valence-electron chi connectivity index (χ2n) is 4.80. The highest BCUT2D eigenvalue weighted by atomic mass is 16.5. The minimum Gasteiger partial charge on any atom is -0.383 e. The van der Waals surface area contributed by atoms with Crippen LogP contribution in [0.3, 0.4) is 0 Å². The van der Waals surface area contributed by atoms with E-state index in [1.54, 1.807) is 7.11 Å². The number of urea groups is 1. The molecule has 0 aliphatic heterocycles. The fraction of sp³-hybridized carbons (Fsp3) is 0.917. The molecular formula is C12H24N2O2. The summed E-state index contributed by atoms with van der Waals surface area (Å²) in [5, 5.41) is 5.87. The number of methoxy groups -OCH3 is 1. The predicted molar refractivity (Wildman–Crippen MR) is 64.4 cm³/mol. The van der Waals surface area contributed by atoms with Gasteiger partial charge >= 0.3 is 6.03 Å². The van der Waals surface area contributed by atoms with Gasteiger partial charge in [-0.05, 0) is 24.7 Å². The molecule has 0 aromatic rings. The summed E-state index contributed by atoms with van der Waals surface area (Å²) in [4.78, 5) is 11.6. The van der Waals surface area contributed by atoms with Crippen molar-refractivity contribution >= 4 is 6.03 Å². The summed E-state index contributed by atoms with van der Waals surface area (Å²) in [7, 11) is 1.63. The number of ether oxygens (including phenoxy) is 1. The van der Waals surface area contributed by atoms with E-state index < -0.39 is 0 Å². The van der Waals surface area contributed by atoms with Gasteiger partial charge in [-0.25, -0.2) is 4.79 Å². The van der Waals surface area contributed by atoms with Gasteiger partial charge in [-0.1, -0.05) is 20.3 Å². The van der Waals surface area contributed by atoms with Crippen molar-refractivity contribution in [3.05, 3.63) is 0 Å². The highest BCUT2D eigenvalue weighted by molar-refractivity contribution is 5.74. The van der Waals surface area contributed by atoms with Crippen LogP contribution in [0.2, 0.25) is 0 Å². The van der Waals surface area contributed by atoms with Gasteiger partial charge in [0, 0.05) is 19.7 Å². The van der Waals surface area contributed by atoms with Gasteiger partial charge in [0.15, 0.2) is 0 Å². The van der Waals surface area contributed by atoms with E-state index in [0.29, 0.717) is 31.0 Å². The molecule has 2 amide bonds. The molecule has 1 saturated carbocycles. The van der Waals surface area contributed by atoms with E-state index in [0.717, 1.165) is 0 Å². The highest BCUT2D eigenvalue weighted by Gasteiger charge is 2.28. The first kappa shape index (κ1) is 13.3. The van der Waals surface area contributed by atoms with Crippen LogP contribution in [0, 0.1) is 11.8 Å². The van der Waals surface area contributed by atoms with Gasteiger partial charge in [-0.15, -0.1) is 0 Å². The third-order valence-electron chi connectivity index (χ3n) is 3.43. The zero-order valence-corrected chi connectivity index (χ0v) is 10.6. The molecule has 1 rings (SSSR count). The smallest absolute Gasteiger partial charge is 0.315 e. The Bertz CT molecular complexity index is 211. The quantitative estimate of drug-likeness (QED) is 0.720. The second kappa shape index (κ2) is 6.74. The Morgan fingerprint density at radius 2 is 1.94 bits per heavy atom. The van der Waals surface area contributed by atoms with Crippen molar-refractivity contribution in [1.82, 2.24) is 10.6 Å². The molecule has 0 bridgehead atoms. The van der Waals surface area contributed by atoms with E-state index in [2.05, 4.69) is 24.5 Å². The number of rotatable bonds is 4. The zero-order valence-electron chi connectivity index (χ0n) is 10.6. The van der Waals surface area contributed by atoms with Crippen LogP contribution in [0.4, 0.5) is 4.79 Å². The van der Waals surface area contributed by atoms with Crippen molar-refractivity contribution in [2.75, 3.05) is 20.3 Å². The molecule has 1 aliphatic carbocycles. The van der Waals surface area contributed by atoms with Crippen LogP contribution in [-0.2, 0) is 4.74 Å². The Morgan fingerprint density at radius 3 is 2.50 bits per heavy atom. The fourth-order valence-electron chi connectivity index (χ4n) is 2.44. The van der Waals surface area contributed by atoms with Gasteiger partial charge in [0.2, 0.25) is 0 Å². The van der Waals surface area contributed by atoms with E-state index in [9.17, 15) is 4.79 Å². The van der Waals surface area contributed by atoms with Gasteiger partial charge in [0.1, 0.15) is 0 Å². The number of hydrogen-bond acceptors (Lipinski definition) is 2. The van der Waals surface area contributed by atoms with E-state index in [-0.39, 0.29) is 6.03 Å². The van der Waals surface area contributed by atoms with Gasteiger partial charge < -0.3 is 15.4 Å². The summed E-state index contributed by atoms with van der Waals surface area (Å²) in [5.74, 6) is 1.16. The molecule has 94 valence electrons. The Kier molecular flexibility index (Phi) is 5.60. The highest BCUT2D eigenvalue weighted by Crippen LogP contribution is 2.28. The Balaban J connectivity index is 2.30. The topological polar surface area (TPSA) is 50.4 Å². The lowest BCUT2D eigenvalue weighted by Crippen LogP contribution is -2.50. The average Bonchev–Trinajstić information content (AvgIpc) is 2.24. The number of carbonyl (C=O) groups is 1. The zero-order chi connectivity index (χ0) is 12.0. The van der Waals surface area contributed by atoms with Crippen molar-refractivity contribution in [3.63, 3.8) is 0 Å². The van der Waals surface area contributed by atoms with Crippen LogP contribution in [0.15, 0.2) is 0 Å². The molecule has 2 atom stereocenters. The minimum absolute atomic E-state index is 0.0670. The van der Waals surface area contributed by atoms with Gasteiger partial charge in [0.25, 0.3) is 0 Å². The van der Waals surface area contributed by atoms with E-state index in [4.69, 9.17) is 4.74 Å². The average molecular weight is 228 g/mol.